The molecule has 0 saturated carbocycles. The molecule has 146 valence electrons. The molecular weight excluding hydrogens is 379 g/mol. The second-order valence-corrected chi connectivity index (χ2v) is 5.95. The van der Waals surface area contributed by atoms with Crippen molar-refractivity contribution in [2.45, 2.75) is 12.7 Å². The van der Waals surface area contributed by atoms with Crippen molar-refractivity contribution >= 4 is 17.6 Å². The Morgan fingerprint density at radius 1 is 1.25 bits per heavy atom. The summed E-state index contributed by atoms with van der Waals surface area (Å²) in [5.41, 5.74) is -0.647. The summed E-state index contributed by atoms with van der Waals surface area (Å²) in [6.45, 7) is 0.0593. The number of alkyl halides is 3. The van der Waals surface area contributed by atoms with Gasteiger partial charge in [0.2, 0.25) is 0 Å². The largest absolute Gasteiger partial charge is 0.478 e. The van der Waals surface area contributed by atoms with Crippen molar-refractivity contribution in [1.82, 2.24) is 19.6 Å². The van der Waals surface area contributed by atoms with Gasteiger partial charge in [-0.1, -0.05) is 12.1 Å². The Morgan fingerprint density at radius 2 is 2.00 bits per heavy atom. The van der Waals surface area contributed by atoms with E-state index in [2.05, 4.69) is 15.5 Å². The fourth-order valence-corrected chi connectivity index (χ4v) is 2.55. The van der Waals surface area contributed by atoms with Crippen LogP contribution < -0.4 is 5.32 Å². The predicted molar refractivity (Wildman–Crippen MR) is 90.9 cm³/mol. The zero-order chi connectivity index (χ0) is 20.5. The third kappa shape index (κ3) is 4.19. The van der Waals surface area contributed by atoms with Crippen molar-refractivity contribution in [3.63, 3.8) is 0 Å². The van der Waals surface area contributed by atoms with Crippen LogP contribution in [0.15, 0.2) is 42.9 Å². The molecule has 8 nitrogen and oxygen atoms in total. The van der Waals surface area contributed by atoms with Gasteiger partial charge in [0.15, 0.2) is 5.69 Å². The lowest BCUT2D eigenvalue weighted by Gasteiger charge is -2.08. The molecule has 28 heavy (non-hydrogen) atoms. The monoisotopic (exact) mass is 393 g/mol. The summed E-state index contributed by atoms with van der Waals surface area (Å²) in [6, 6.07) is 4.83. The van der Waals surface area contributed by atoms with E-state index in [1.165, 1.54) is 47.1 Å². The van der Waals surface area contributed by atoms with Crippen LogP contribution in [-0.4, -0.2) is 36.5 Å². The van der Waals surface area contributed by atoms with Crippen LogP contribution in [0, 0.1) is 0 Å². The van der Waals surface area contributed by atoms with Crippen LogP contribution in [0.5, 0.6) is 0 Å². The lowest BCUT2D eigenvalue weighted by atomic mass is 10.1. The molecule has 0 aliphatic carbocycles. The summed E-state index contributed by atoms with van der Waals surface area (Å²) < 4.78 is 40.9. The molecule has 0 atom stereocenters. The fourth-order valence-electron chi connectivity index (χ4n) is 2.55. The van der Waals surface area contributed by atoms with Crippen molar-refractivity contribution in [3.8, 4) is 0 Å². The molecule has 0 aliphatic rings. The first kappa shape index (κ1) is 19.1. The molecular formula is C17H14F3N5O3. The molecule has 3 rings (SSSR count). The van der Waals surface area contributed by atoms with Gasteiger partial charge in [0.05, 0.1) is 24.0 Å². The van der Waals surface area contributed by atoms with Crippen LogP contribution in [0.1, 0.15) is 32.0 Å². The van der Waals surface area contributed by atoms with Gasteiger partial charge >= 0.3 is 12.1 Å². The molecule has 0 radical (unpaired) electrons. The van der Waals surface area contributed by atoms with Gasteiger partial charge in [-0.2, -0.15) is 23.4 Å². The Labute approximate surface area is 156 Å². The summed E-state index contributed by atoms with van der Waals surface area (Å²) in [7, 11) is 1.48. The average molecular weight is 393 g/mol. The van der Waals surface area contributed by atoms with E-state index >= 15 is 0 Å². The van der Waals surface area contributed by atoms with Gasteiger partial charge in [0.25, 0.3) is 5.91 Å². The maximum absolute atomic E-state index is 12.8. The lowest BCUT2D eigenvalue weighted by molar-refractivity contribution is -0.137. The van der Waals surface area contributed by atoms with Crippen LogP contribution in [0.2, 0.25) is 0 Å². The molecule has 2 heterocycles. The minimum atomic E-state index is -4.44. The Hall–Kier alpha value is -3.63. The minimum absolute atomic E-state index is 0.0593. The smallest absolute Gasteiger partial charge is 0.416 e. The third-order valence-electron chi connectivity index (χ3n) is 3.76. The molecule has 2 N–H and O–H groups in total. The van der Waals surface area contributed by atoms with E-state index in [1.807, 2.05) is 0 Å². The number of carboxylic acid groups (broad SMARTS) is 1. The van der Waals surface area contributed by atoms with Gasteiger partial charge in [-0.05, 0) is 17.7 Å². The maximum Gasteiger partial charge on any atom is 0.416 e. The van der Waals surface area contributed by atoms with Gasteiger partial charge < -0.3 is 10.4 Å². The van der Waals surface area contributed by atoms with Crippen molar-refractivity contribution in [3.05, 3.63) is 65.2 Å². The van der Waals surface area contributed by atoms with Gasteiger partial charge in [0, 0.05) is 19.4 Å². The highest BCUT2D eigenvalue weighted by Crippen LogP contribution is 2.29. The summed E-state index contributed by atoms with van der Waals surface area (Å²) >= 11 is 0. The highest BCUT2D eigenvalue weighted by molar-refractivity contribution is 6.09. The first-order chi connectivity index (χ1) is 13.1. The number of carboxylic acids is 1. The number of hydrogen-bond acceptors (Lipinski definition) is 4. The van der Waals surface area contributed by atoms with Crippen LogP contribution in [0.25, 0.3) is 0 Å². The quantitative estimate of drug-likeness (QED) is 0.694. The molecule has 0 bridgehead atoms. The Kier molecular flexibility index (Phi) is 4.91. The molecule has 1 aromatic carbocycles. The number of aromatic carboxylic acids is 1. The second kappa shape index (κ2) is 7.18. The number of amides is 1. The van der Waals surface area contributed by atoms with Gasteiger partial charge in [-0.3, -0.25) is 14.2 Å². The first-order valence-electron chi connectivity index (χ1n) is 7.90. The van der Waals surface area contributed by atoms with E-state index < -0.39 is 23.6 Å². The summed E-state index contributed by atoms with van der Waals surface area (Å²) in [6.07, 6.45) is -0.519. The molecule has 0 aliphatic heterocycles. The minimum Gasteiger partial charge on any atom is -0.478 e. The number of anilines is 1. The highest BCUT2D eigenvalue weighted by Gasteiger charge is 2.30. The predicted octanol–water partition coefficient (Wildman–Crippen LogP) is 2.63. The van der Waals surface area contributed by atoms with Gasteiger partial charge in [0.1, 0.15) is 5.56 Å². The SMILES string of the molecule is Cn1cc(C(=O)O)c(C(=O)Nc2cnn(Cc3cccc(C(F)(F)F)c3)c2)n1. The van der Waals surface area contributed by atoms with Crippen molar-refractivity contribution in [2.75, 3.05) is 5.32 Å². The zero-order valence-corrected chi connectivity index (χ0v) is 14.4. The van der Waals surface area contributed by atoms with E-state index in [-0.39, 0.29) is 23.5 Å². The molecule has 11 heteroatoms. The summed E-state index contributed by atoms with van der Waals surface area (Å²) in [5.74, 6) is -2.03. The number of aryl methyl sites for hydroxylation is 1. The van der Waals surface area contributed by atoms with Crippen LogP contribution in [-0.2, 0) is 19.8 Å². The molecule has 1 amide bonds. The number of carbonyl (C=O) groups excluding carboxylic acids is 1. The van der Waals surface area contributed by atoms with E-state index in [4.69, 9.17) is 5.11 Å². The maximum atomic E-state index is 12.8. The van der Waals surface area contributed by atoms with Crippen molar-refractivity contribution in [2.24, 2.45) is 7.05 Å². The number of aromatic nitrogens is 4. The third-order valence-corrected chi connectivity index (χ3v) is 3.76. The number of nitrogens with zero attached hydrogens (tertiary/aromatic N) is 4. The van der Waals surface area contributed by atoms with Crippen LogP contribution in [0.3, 0.4) is 0 Å². The Bertz CT molecular complexity index is 1040. The van der Waals surface area contributed by atoms with E-state index in [1.54, 1.807) is 0 Å². The van der Waals surface area contributed by atoms with Gasteiger partial charge in [-0.25, -0.2) is 4.79 Å². The van der Waals surface area contributed by atoms with E-state index in [0.717, 1.165) is 12.1 Å². The van der Waals surface area contributed by atoms with Crippen LogP contribution in [0.4, 0.5) is 18.9 Å². The average Bonchev–Trinajstić information content (AvgIpc) is 3.21. The summed E-state index contributed by atoms with van der Waals surface area (Å²) in [5, 5.41) is 19.4. The van der Waals surface area contributed by atoms with Gasteiger partial charge in [-0.15, -0.1) is 0 Å². The number of carbonyl (C=O) groups is 2. The molecule has 0 unspecified atom stereocenters. The Balaban J connectivity index is 1.73. The molecule has 3 aromatic rings. The van der Waals surface area contributed by atoms with Crippen molar-refractivity contribution < 1.29 is 27.9 Å². The molecule has 2 aromatic heterocycles. The topological polar surface area (TPSA) is 102 Å². The highest BCUT2D eigenvalue weighted by atomic mass is 19.4. The van der Waals surface area contributed by atoms with Crippen LogP contribution >= 0.6 is 0 Å². The zero-order valence-electron chi connectivity index (χ0n) is 14.4. The van der Waals surface area contributed by atoms with Crippen molar-refractivity contribution in [1.29, 1.82) is 0 Å². The number of rotatable bonds is 5. The number of benzene rings is 1. The number of nitrogens with one attached hydrogen (secondary N) is 1. The molecule has 0 spiro atoms. The molecule has 0 saturated heterocycles. The summed E-state index contributed by atoms with van der Waals surface area (Å²) in [4.78, 5) is 23.4. The fraction of sp³-hybridized carbons (Fsp3) is 0.176. The first-order valence-corrected chi connectivity index (χ1v) is 7.90. The van der Waals surface area contributed by atoms with E-state index in [9.17, 15) is 22.8 Å². The lowest BCUT2D eigenvalue weighted by Crippen LogP contribution is -2.16. The van der Waals surface area contributed by atoms with E-state index in [0.29, 0.717) is 5.56 Å². The second-order valence-electron chi connectivity index (χ2n) is 5.95. The standard InChI is InChI=1S/C17H14F3N5O3/c1-24-9-13(16(27)28)14(23-24)15(26)22-12-6-21-25(8-12)7-10-3-2-4-11(5-10)17(18,19)20/h2-6,8-9H,7H2,1H3,(H,22,26)(H,27,28). The molecule has 0 fully saturated rings. The Morgan fingerprint density at radius 3 is 2.68 bits per heavy atom. The normalized spacial score (nSPS) is 11.4. The number of halogens is 3. The number of hydrogen-bond donors (Lipinski definition) is 2.